The molecule has 20 heavy (non-hydrogen) atoms. The Kier molecular flexibility index (Phi) is 8.85. The van der Waals surface area contributed by atoms with Crippen molar-refractivity contribution in [2.45, 2.75) is 26.8 Å². The van der Waals surface area contributed by atoms with Gasteiger partial charge in [-0.3, -0.25) is 0 Å². The first-order valence-corrected chi connectivity index (χ1v) is 7.79. The molecule has 5 heteroatoms. The Morgan fingerprint density at radius 2 is 2.05 bits per heavy atom. The number of aliphatic hydroxyl groups excluding tert-OH is 1. The Hall–Kier alpha value is -0.620. The molecule has 114 valence electrons. The van der Waals surface area contributed by atoms with Crippen LogP contribution in [0.5, 0.6) is 5.75 Å². The summed E-state index contributed by atoms with van der Waals surface area (Å²) in [4.78, 5) is 0. The maximum atomic E-state index is 8.64. The van der Waals surface area contributed by atoms with Crippen LogP contribution >= 0.6 is 15.9 Å². The summed E-state index contributed by atoms with van der Waals surface area (Å²) in [6.45, 7) is 7.34. The Morgan fingerprint density at radius 3 is 2.75 bits per heavy atom. The molecule has 0 atom stereocenters. The summed E-state index contributed by atoms with van der Waals surface area (Å²) in [5.74, 6) is 0.921. The number of aryl methyl sites for hydroxylation is 1. The highest BCUT2D eigenvalue weighted by molar-refractivity contribution is 9.10. The quantitative estimate of drug-likeness (QED) is 0.640. The second-order valence-electron chi connectivity index (χ2n) is 4.57. The summed E-state index contributed by atoms with van der Waals surface area (Å²) in [5, 5.41) is 12.0. The average molecular weight is 346 g/mol. The van der Waals surface area contributed by atoms with Gasteiger partial charge in [0, 0.05) is 16.6 Å². The van der Waals surface area contributed by atoms with Crippen molar-refractivity contribution in [3.8, 4) is 5.75 Å². The molecule has 2 N–H and O–H groups in total. The van der Waals surface area contributed by atoms with E-state index in [0.29, 0.717) is 19.8 Å². The minimum absolute atomic E-state index is 0.0451. The van der Waals surface area contributed by atoms with Crippen molar-refractivity contribution in [1.82, 2.24) is 5.32 Å². The van der Waals surface area contributed by atoms with E-state index in [-0.39, 0.29) is 6.61 Å². The molecule has 0 radical (unpaired) electrons. The molecule has 0 heterocycles. The SMILES string of the molecule is CCCNCc1cc(Br)cc(C)c1OCCOCCO. The van der Waals surface area contributed by atoms with Crippen LogP contribution in [0.1, 0.15) is 24.5 Å². The summed E-state index contributed by atoms with van der Waals surface area (Å²) >= 11 is 3.52. The molecule has 1 rings (SSSR count). The van der Waals surface area contributed by atoms with Gasteiger partial charge in [0.2, 0.25) is 0 Å². The van der Waals surface area contributed by atoms with E-state index in [1.165, 1.54) is 0 Å². The highest BCUT2D eigenvalue weighted by Crippen LogP contribution is 2.28. The van der Waals surface area contributed by atoms with E-state index in [9.17, 15) is 0 Å². The van der Waals surface area contributed by atoms with Crippen molar-refractivity contribution in [2.24, 2.45) is 0 Å². The fourth-order valence-electron chi connectivity index (χ4n) is 1.91. The lowest BCUT2D eigenvalue weighted by atomic mass is 10.1. The van der Waals surface area contributed by atoms with Crippen LogP contribution in [0.15, 0.2) is 16.6 Å². The van der Waals surface area contributed by atoms with E-state index in [0.717, 1.165) is 40.9 Å². The number of hydrogen-bond donors (Lipinski definition) is 2. The van der Waals surface area contributed by atoms with Crippen LogP contribution in [0.4, 0.5) is 0 Å². The molecule has 1 aromatic rings. The minimum Gasteiger partial charge on any atom is -0.491 e. The van der Waals surface area contributed by atoms with Crippen LogP contribution in [0.25, 0.3) is 0 Å². The number of aliphatic hydroxyl groups is 1. The molecule has 0 saturated heterocycles. The van der Waals surface area contributed by atoms with E-state index in [4.69, 9.17) is 14.6 Å². The van der Waals surface area contributed by atoms with Crippen LogP contribution in [-0.4, -0.2) is 38.1 Å². The molecule has 0 spiro atoms. The van der Waals surface area contributed by atoms with Crippen molar-refractivity contribution >= 4 is 15.9 Å². The monoisotopic (exact) mass is 345 g/mol. The molecule has 0 aliphatic rings. The highest BCUT2D eigenvalue weighted by atomic mass is 79.9. The van der Waals surface area contributed by atoms with Gasteiger partial charge in [-0.15, -0.1) is 0 Å². The maximum Gasteiger partial charge on any atom is 0.126 e. The summed E-state index contributed by atoms with van der Waals surface area (Å²) in [7, 11) is 0. The van der Waals surface area contributed by atoms with Gasteiger partial charge in [-0.05, 0) is 37.6 Å². The number of halogens is 1. The Balaban J connectivity index is 2.61. The Morgan fingerprint density at radius 1 is 1.25 bits per heavy atom. The second kappa shape index (κ2) is 10.2. The zero-order chi connectivity index (χ0) is 14.8. The lowest BCUT2D eigenvalue weighted by Crippen LogP contribution is -2.16. The van der Waals surface area contributed by atoms with E-state index in [1.807, 2.05) is 13.0 Å². The van der Waals surface area contributed by atoms with Gasteiger partial charge in [0.15, 0.2) is 0 Å². The number of hydrogen-bond acceptors (Lipinski definition) is 4. The van der Waals surface area contributed by atoms with E-state index >= 15 is 0 Å². The van der Waals surface area contributed by atoms with E-state index < -0.39 is 0 Å². The molecule has 0 aliphatic carbocycles. The van der Waals surface area contributed by atoms with Crippen LogP contribution in [0.2, 0.25) is 0 Å². The van der Waals surface area contributed by atoms with E-state index in [2.05, 4.69) is 34.2 Å². The topological polar surface area (TPSA) is 50.7 Å². The fraction of sp³-hybridized carbons (Fsp3) is 0.600. The normalized spacial score (nSPS) is 10.8. The van der Waals surface area contributed by atoms with Crippen LogP contribution in [-0.2, 0) is 11.3 Å². The zero-order valence-electron chi connectivity index (χ0n) is 12.2. The lowest BCUT2D eigenvalue weighted by molar-refractivity contribution is 0.0701. The lowest BCUT2D eigenvalue weighted by Gasteiger charge is -2.15. The summed E-state index contributed by atoms with van der Waals surface area (Å²) in [5.41, 5.74) is 2.25. The predicted octanol–water partition coefficient (Wildman–Crippen LogP) is 2.64. The van der Waals surface area contributed by atoms with Gasteiger partial charge in [0.1, 0.15) is 12.4 Å². The molecule has 0 bridgehead atoms. The molecule has 0 unspecified atom stereocenters. The average Bonchev–Trinajstić information content (AvgIpc) is 2.41. The van der Waals surface area contributed by atoms with Crippen molar-refractivity contribution in [2.75, 3.05) is 33.0 Å². The Bertz CT molecular complexity index is 399. The standard InChI is InChI=1S/C15H24BrNO3/c1-3-4-17-11-13-10-14(16)9-12(2)15(13)20-8-7-19-6-5-18/h9-10,17-18H,3-8,11H2,1-2H3. The highest BCUT2D eigenvalue weighted by Gasteiger charge is 2.09. The van der Waals surface area contributed by atoms with Gasteiger partial charge in [0.25, 0.3) is 0 Å². The first-order chi connectivity index (χ1) is 9.69. The van der Waals surface area contributed by atoms with Crippen molar-refractivity contribution in [3.63, 3.8) is 0 Å². The molecule has 1 aromatic carbocycles. The molecular formula is C15H24BrNO3. The smallest absolute Gasteiger partial charge is 0.126 e. The van der Waals surface area contributed by atoms with Crippen molar-refractivity contribution in [3.05, 3.63) is 27.7 Å². The Labute approximate surface area is 129 Å². The third kappa shape index (κ3) is 6.22. The van der Waals surface area contributed by atoms with Gasteiger partial charge >= 0.3 is 0 Å². The van der Waals surface area contributed by atoms with Crippen LogP contribution in [0.3, 0.4) is 0 Å². The summed E-state index contributed by atoms with van der Waals surface area (Å²) in [6.07, 6.45) is 1.11. The first-order valence-electron chi connectivity index (χ1n) is 7.00. The molecule has 0 fully saturated rings. The predicted molar refractivity (Wildman–Crippen MR) is 84.3 cm³/mol. The maximum absolute atomic E-state index is 8.64. The van der Waals surface area contributed by atoms with Crippen molar-refractivity contribution in [1.29, 1.82) is 0 Å². The largest absolute Gasteiger partial charge is 0.491 e. The molecular weight excluding hydrogens is 322 g/mol. The molecule has 0 aromatic heterocycles. The third-order valence-corrected chi connectivity index (χ3v) is 3.23. The van der Waals surface area contributed by atoms with Gasteiger partial charge in [0.05, 0.1) is 19.8 Å². The molecule has 4 nitrogen and oxygen atoms in total. The molecule has 0 amide bonds. The number of benzene rings is 1. The number of rotatable bonds is 10. The van der Waals surface area contributed by atoms with Gasteiger partial charge < -0.3 is 19.9 Å². The number of ether oxygens (including phenoxy) is 2. The van der Waals surface area contributed by atoms with Gasteiger partial charge in [-0.25, -0.2) is 0 Å². The molecule has 0 aliphatic heterocycles. The zero-order valence-corrected chi connectivity index (χ0v) is 13.8. The van der Waals surface area contributed by atoms with Gasteiger partial charge in [-0.1, -0.05) is 22.9 Å². The van der Waals surface area contributed by atoms with Gasteiger partial charge in [-0.2, -0.15) is 0 Å². The minimum atomic E-state index is 0.0451. The first kappa shape index (κ1) is 17.4. The van der Waals surface area contributed by atoms with Crippen LogP contribution < -0.4 is 10.1 Å². The van der Waals surface area contributed by atoms with Crippen molar-refractivity contribution < 1.29 is 14.6 Å². The van der Waals surface area contributed by atoms with Crippen LogP contribution in [0, 0.1) is 6.92 Å². The third-order valence-electron chi connectivity index (χ3n) is 2.77. The van der Waals surface area contributed by atoms with E-state index in [1.54, 1.807) is 0 Å². The molecule has 0 saturated carbocycles. The fourth-order valence-corrected chi connectivity index (χ4v) is 2.53. The second-order valence-corrected chi connectivity index (χ2v) is 5.49. The number of nitrogens with one attached hydrogen (secondary N) is 1. The summed E-state index contributed by atoms with van der Waals surface area (Å²) in [6, 6.07) is 4.13. The summed E-state index contributed by atoms with van der Waals surface area (Å²) < 4.78 is 12.1.